The SMILES string of the molecule is CCCc1ccccc1C1OCc2cc(C#N)ccc21. The molecule has 0 bridgehead atoms. The van der Waals surface area contributed by atoms with E-state index in [0.717, 1.165) is 18.4 Å². The van der Waals surface area contributed by atoms with Gasteiger partial charge in [-0.25, -0.2) is 0 Å². The maximum atomic E-state index is 8.98. The average molecular weight is 263 g/mol. The molecule has 0 aliphatic carbocycles. The van der Waals surface area contributed by atoms with Crippen molar-refractivity contribution in [1.29, 1.82) is 5.26 Å². The lowest BCUT2D eigenvalue weighted by Crippen LogP contribution is -2.03. The molecule has 1 heterocycles. The summed E-state index contributed by atoms with van der Waals surface area (Å²) in [4.78, 5) is 0. The van der Waals surface area contributed by atoms with Crippen molar-refractivity contribution >= 4 is 0 Å². The van der Waals surface area contributed by atoms with Crippen molar-refractivity contribution in [1.82, 2.24) is 0 Å². The van der Waals surface area contributed by atoms with E-state index in [9.17, 15) is 0 Å². The highest BCUT2D eigenvalue weighted by molar-refractivity contribution is 5.45. The number of fused-ring (bicyclic) bond motifs is 1. The van der Waals surface area contributed by atoms with Gasteiger partial charge in [-0.05, 0) is 40.8 Å². The van der Waals surface area contributed by atoms with Crippen molar-refractivity contribution in [2.75, 3.05) is 0 Å². The quantitative estimate of drug-likeness (QED) is 0.834. The number of hydrogen-bond donors (Lipinski definition) is 0. The van der Waals surface area contributed by atoms with E-state index in [2.05, 4.69) is 37.3 Å². The first kappa shape index (κ1) is 12.9. The van der Waals surface area contributed by atoms with E-state index >= 15 is 0 Å². The lowest BCUT2D eigenvalue weighted by Gasteiger charge is -2.16. The Bertz CT molecular complexity index is 669. The molecule has 0 aromatic heterocycles. The molecule has 1 aliphatic heterocycles. The van der Waals surface area contributed by atoms with Crippen LogP contribution in [-0.2, 0) is 17.8 Å². The van der Waals surface area contributed by atoms with Crippen molar-refractivity contribution in [2.45, 2.75) is 32.5 Å². The molecule has 0 amide bonds. The monoisotopic (exact) mass is 263 g/mol. The molecule has 0 radical (unpaired) electrons. The Labute approximate surface area is 119 Å². The van der Waals surface area contributed by atoms with Gasteiger partial charge < -0.3 is 4.74 Å². The molecule has 1 aliphatic rings. The first-order valence-electron chi connectivity index (χ1n) is 7.05. The Balaban J connectivity index is 2.01. The molecule has 0 saturated carbocycles. The average Bonchev–Trinajstić information content (AvgIpc) is 2.91. The van der Waals surface area contributed by atoms with Gasteiger partial charge >= 0.3 is 0 Å². The number of nitrogens with zero attached hydrogens (tertiary/aromatic N) is 1. The van der Waals surface area contributed by atoms with Gasteiger partial charge in [0.15, 0.2) is 0 Å². The third kappa shape index (κ3) is 2.21. The first-order chi connectivity index (χ1) is 9.83. The van der Waals surface area contributed by atoms with Crippen LogP contribution in [0, 0.1) is 11.3 Å². The lowest BCUT2D eigenvalue weighted by atomic mass is 9.93. The highest BCUT2D eigenvalue weighted by Gasteiger charge is 2.26. The molecule has 0 spiro atoms. The van der Waals surface area contributed by atoms with E-state index in [0.29, 0.717) is 12.2 Å². The zero-order valence-corrected chi connectivity index (χ0v) is 11.6. The summed E-state index contributed by atoms with van der Waals surface area (Å²) < 4.78 is 5.99. The van der Waals surface area contributed by atoms with Gasteiger partial charge in [-0.3, -0.25) is 0 Å². The second-order valence-electron chi connectivity index (χ2n) is 5.17. The highest BCUT2D eigenvalue weighted by Crippen LogP contribution is 2.37. The Kier molecular flexibility index (Phi) is 3.54. The zero-order chi connectivity index (χ0) is 13.9. The summed E-state index contributed by atoms with van der Waals surface area (Å²) in [7, 11) is 0. The van der Waals surface area contributed by atoms with E-state index in [-0.39, 0.29) is 6.10 Å². The Morgan fingerprint density at radius 2 is 2.05 bits per heavy atom. The van der Waals surface area contributed by atoms with Crippen LogP contribution in [0.5, 0.6) is 0 Å². The maximum Gasteiger partial charge on any atom is 0.109 e. The van der Waals surface area contributed by atoms with Gasteiger partial charge in [-0.2, -0.15) is 5.26 Å². The highest BCUT2D eigenvalue weighted by atomic mass is 16.5. The lowest BCUT2D eigenvalue weighted by molar-refractivity contribution is 0.0933. The molecule has 3 rings (SSSR count). The zero-order valence-electron chi connectivity index (χ0n) is 11.6. The van der Waals surface area contributed by atoms with Crippen LogP contribution in [0.25, 0.3) is 0 Å². The van der Waals surface area contributed by atoms with Gasteiger partial charge in [0.25, 0.3) is 0 Å². The molecule has 0 fully saturated rings. The molecule has 2 aromatic carbocycles. The second kappa shape index (κ2) is 5.48. The van der Waals surface area contributed by atoms with E-state index in [1.807, 2.05) is 18.2 Å². The topological polar surface area (TPSA) is 33.0 Å². The first-order valence-corrected chi connectivity index (χ1v) is 7.05. The molecule has 0 saturated heterocycles. The standard InChI is InChI=1S/C18H17NO/c1-2-5-14-6-3-4-7-16(14)18-17-9-8-13(11-19)10-15(17)12-20-18/h3-4,6-10,18H,2,5,12H2,1H3. The predicted octanol–water partition coefficient (Wildman–Crippen LogP) is 4.13. The van der Waals surface area contributed by atoms with Gasteiger partial charge in [-0.1, -0.05) is 43.7 Å². The Morgan fingerprint density at radius 3 is 2.85 bits per heavy atom. The molecular weight excluding hydrogens is 246 g/mol. The number of nitriles is 1. The molecule has 20 heavy (non-hydrogen) atoms. The fourth-order valence-corrected chi connectivity index (χ4v) is 2.86. The van der Waals surface area contributed by atoms with Crippen LogP contribution >= 0.6 is 0 Å². The summed E-state index contributed by atoms with van der Waals surface area (Å²) in [6.45, 7) is 2.79. The Morgan fingerprint density at radius 1 is 1.20 bits per heavy atom. The number of aryl methyl sites for hydroxylation is 1. The normalized spacial score (nSPS) is 16.7. The minimum absolute atomic E-state index is 0.0143. The maximum absolute atomic E-state index is 8.98. The van der Waals surface area contributed by atoms with Gasteiger partial charge in [0, 0.05) is 0 Å². The van der Waals surface area contributed by atoms with E-state index < -0.39 is 0 Å². The van der Waals surface area contributed by atoms with Gasteiger partial charge in [0.05, 0.1) is 18.2 Å². The molecule has 100 valence electrons. The van der Waals surface area contributed by atoms with E-state index in [4.69, 9.17) is 10.00 Å². The van der Waals surface area contributed by atoms with Crippen LogP contribution in [0.4, 0.5) is 0 Å². The number of rotatable bonds is 3. The van der Waals surface area contributed by atoms with Crippen molar-refractivity contribution in [3.63, 3.8) is 0 Å². The smallest absolute Gasteiger partial charge is 0.109 e. The van der Waals surface area contributed by atoms with Crippen molar-refractivity contribution < 1.29 is 4.74 Å². The minimum Gasteiger partial charge on any atom is -0.364 e. The van der Waals surface area contributed by atoms with Gasteiger partial charge in [0.1, 0.15) is 6.10 Å². The van der Waals surface area contributed by atoms with Gasteiger partial charge in [0.2, 0.25) is 0 Å². The summed E-state index contributed by atoms with van der Waals surface area (Å²) >= 11 is 0. The minimum atomic E-state index is 0.0143. The molecule has 2 nitrogen and oxygen atoms in total. The fourth-order valence-electron chi connectivity index (χ4n) is 2.86. The van der Waals surface area contributed by atoms with Crippen LogP contribution in [-0.4, -0.2) is 0 Å². The van der Waals surface area contributed by atoms with Gasteiger partial charge in [-0.15, -0.1) is 0 Å². The number of benzene rings is 2. The van der Waals surface area contributed by atoms with Crippen LogP contribution in [0.15, 0.2) is 42.5 Å². The van der Waals surface area contributed by atoms with Crippen LogP contribution < -0.4 is 0 Å². The Hall–Kier alpha value is -2.11. The second-order valence-corrected chi connectivity index (χ2v) is 5.17. The van der Waals surface area contributed by atoms with E-state index in [1.54, 1.807) is 0 Å². The molecule has 2 heteroatoms. The molecular formula is C18H17NO. The fraction of sp³-hybridized carbons (Fsp3) is 0.278. The van der Waals surface area contributed by atoms with Crippen molar-refractivity contribution in [3.8, 4) is 6.07 Å². The summed E-state index contributed by atoms with van der Waals surface area (Å²) in [6.07, 6.45) is 2.21. The van der Waals surface area contributed by atoms with Crippen molar-refractivity contribution in [2.24, 2.45) is 0 Å². The van der Waals surface area contributed by atoms with Crippen molar-refractivity contribution in [3.05, 3.63) is 70.3 Å². The largest absolute Gasteiger partial charge is 0.364 e. The van der Waals surface area contributed by atoms with Crippen LogP contribution in [0.3, 0.4) is 0 Å². The van der Waals surface area contributed by atoms with Crippen LogP contribution in [0.1, 0.15) is 47.3 Å². The summed E-state index contributed by atoms with van der Waals surface area (Å²) in [5.74, 6) is 0. The third-order valence-corrected chi connectivity index (χ3v) is 3.82. The summed E-state index contributed by atoms with van der Waals surface area (Å²) in [5, 5.41) is 8.98. The van der Waals surface area contributed by atoms with Crippen LogP contribution in [0.2, 0.25) is 0 Å². The molecule has 1 atom stereocenters. The number of hydrogen-bond acceptors (Lipinski definition) is 2. The molecule has 0 N–H and O–H groups in total. The number of ether oxygens (including phenoxy) is 1. The molecule has 1 unspecified atom stereocenters. The molecule has 2 aromatic rings. The predicted molar refractivity (Wildman–Crippen MR) is 78.2 cm³/mol. The third-order valence-electron chi connectivity index (χ3n) is 3.82. The summed E-state index contributed by atoms with van der Waals surface area (Å²) in [5.41, 5.74) is 5.66. The summed E-state index contributed by atoms with van der Waals surface area (Å²) in [6, 6.07) is 16.5. The van der Waals surface area contributed by atoms with E-state index in [1.165, 1.54) is 16.7 Å².